The van der Waals surface area contributed by atoms with Crippen molar-refractivity contribution < 1.29 is 9.90 Å². The van der Waals surface area contributed by atoms with Crippen molar-refractivity contribution in [1.82, 2.24) is 4.98 Å². The zero-order valence-corrected chi connectivity index (χ0v) is 4.57. The summed E-state index contributed by atoms with van der Waals surface area (Å²) in [5.74, 6) is 0.186. The standard InChI is InChI=1S/C6H5NO2/c8-4-5-1-2-6(9)7-3-5/h1-4H,(H,7,9)/i/hT. The van der Waals surface area contributed by atoms with Gasteiger partial charge in [0.05, 0.1) is 0 Å². The summed E-state index contributed by atoms with van der Waals surface area (Å²) in [5.41, 5.74) is 0.473. The molecule has 46 valence electrons. The molecule has 1 aromatic rings. The van der Waals surface area contributed by atoms with Crippen molar-refractivity contribution in [3.8, 4) is 5.88 Å². The molecule has 0 amide bonds. The zero-order chi connectivity index (χ0) is 7.40. The first-order chi connectivity index (χ1) is 4.86. The van der Waals surface area contributed by atoms with Gasteiger partial charge in [-0.1, -0.05) is 0 Å². The van der Waals surface area contributed by atoms with Crippen LogP contribution in [0.1, 0.15) is 10.4 Å². The van der Waals surface area contributed by atoms with Gasteiger partial charge in [0, 0.05) is 17.8 Å². The summed E-state index contributed by atoms with van der Waals surface area (Å²) in [6, 6.07) is 2.99. The smallest absolute Gasteiger partial charge is 0.295 e. The van der Waals surface area contributed by atoms with Crippen molar-refractivity contribution in [2.45, 2.75) is 0 Å². The maximum absolute atomic E-state index is 10.1. The molecule has 0 spiro atoms. The van der Waals surface area contributed by atoms with Gasteiger partial charge >= 0.3 is 0 Å². The largest absolute Gasteiger partial charge is 0.493 e. The predicted octanol–water partition coefficient (Wildman–Crippen LogP) is 0.600. The van der Waals surface area contributed by atoms with Crippen molar-refractivity contribution in [3.05, 3.63) is 23.9 Å². The minimum absolute atomic E-state index is 0.186. The minimum Gasteiger partial charge on any atom is -0.493 e. The predicted molar refractivity (Wildman–Crippen MR) is 31.3 cm³/mol. The lowest BCUT2D eigenvalue weighted by molar-refractivity contribution is 0.112. The average molecular weight is 125 g/mol. The molecular weight excluding hydrogens is 118 g/mol. The number of hydrogen-bond donors (Lipinski definition) is 1. The third-order valence-corrected chi connectivity index (χ3v) is 0.895. The van der Waals surface area contributed by atoms with E-state index in [2.05, 4.69) is 10.1 Å². The molecule has 1 rings (SSSR count). The lowest BCUT2D eigenvalue weighted by Gasteiger charge is -1.87. The molecule has 3 heteroatoms. The van der Waals surface area contributed by atoms with Gasteiger partial charge in [-0.15, -0.1) is 0 Å². The van der Waals surface area contributed by atoms with Gasteiger partial charge < -0.3 is 5.11 Å². The van der Waals surface area contributed by atoms with Crippen LogP contribution in [0, 0.1) is 0 Å². The molecule has 0 aliphatic heterocycles. The first-order valence-electron chi connectivity index (χ1n) is 2.82. The normalized spacial score (nSPS) is 10.0. The Kier molecular flexibility index (Phi) is 1.13. The van der Waals surface area contributed by atoms with Gasteiger partial charge in [0.1, 0.15) is 0 Å². The Morgan fingerprint density at radius 3 is 3.11 bits per heavy atom. The second-order valence-corrected chi connectivity index (χ2v) is 1.55. The number of carbonyl (C=O) groups is 1. The fourth-order valence-corrected chi connectivity index (χ4v) is 0.461. The van der Waals surface area contributed by atoms with Crippen molar-refractivity contribution in [2.24, 2.45) is 0 Å². The second kappa shape index (κ2) is 2.26. The van der Waals surface area contributed by atoms with Gasteiger partial charge in [-0.05, 0) is 6.07 Å². The molecule has 0 aliphatic rings. The van der Waals surface area contributed by atoms with Gasteiger partial charge in [0.25, 0.3) is 1.43 Å². The van der Waals surface area contributed by atoms with Crippen LogP contribution in [0.4, 0.5) is 0 Å². The Balaban J connectivity index is 2.90. The van der Waals surface area contributed by atoms with Crippen molar-refractivity contribution in [3.63, 3.8) is 0 Å². The second-order valence-electron chi connectivity index (χ2n) is 1.55. The monoisotopic (exact) mass is 125 g/mol. The Bertz CT molecular complexity index is 222. The van der Waals surface area contributed by atoms with Crippen LogP contribution in [0.3, 0.4) is 0 Å². The van der Waals surface area contributed by atoms with E-state index < -0.39 is 0 Å². The third-order valence-electron chi connectivity index (χ3n) is 0.895. The zero-order valence-electron chi connectivity index (χ0n) is 5.57. The van der Waals surface area contributed by atoms with Crippen molar-refractivity contribution in [1.29, 1.82) is 1.43 Å². The van der Waals surface area contributed by atoms with E-state index in [1.807, 2.05) is 0 Å². The summed E-state index contributed by atoms with van der Waals surface area (Å²) < 4.78 is 6.42. The van der Waals surface area contributed by atoms with E-state index in [4.69, 9.17) is 1.43 Å². The molecule has 0 bridgehead atoms. The highest BCUT2D eigenvalue weighted by atomic mass is 16.3. The van der Waals surface area contributed by atoms with E-state index in [1.54, 1.807) is 0 Å². The Labute approximate surface area is 53.5 Å². The van der Waals surface area contributed by atoms with Gasteiger partial charge in [-0.2, -0.15) is 0 Å². The molecule has 0 fully saturated rings. The van der Waals surface area contributed by atoms with Crippen LogP contribution >= 0.6 is 0 Å². The molecular formula is C6H5NO2. The molecule has 0 atom stereocenters. The van der Waals surface area contributed by atoms with E-state index >= 15 is 0 Å². The SMILES string of the molecule is [3H]Oc1ccc(C=O)cn1. The van der Waals surface area contributed by atoms with Crippen molar-refractivity contribution in [2.75, 3.05) is 0 Å². The van der Waals surface area contributed by atoms with Crippen LogP contribution in [0.5, 0.6) is 5.88 Å². The first kappa shape index (κ1) is 4.49. The van der Waals surface area contributed by atoms with E-state index in [-0.39, 0.29) is 5.88 Å². The number of aromatic hydroxyl groups is 1. The van der Waals surface area contributed by atoms with Crippen LogP contribution in [0.15, 0.2) is 18.3 Å². The quantitative estimate of drug-likeness (QED) is 0.589. The molecule has 1 aromatic heterocycles. The maximum Gasteiger partial charge on any atom is 0.295 e. The number of rotatable bonds is 2. The van der Waals surface area contributed by atoms with Gasteiger partial charge in [-0.25, -0.2) is 4.98 Å². The van der Waals surface area contributed by atoms with Crippen LogP contribution in [-0.4, -0.2) is 17.8 Å². The summed E-state index contributed by atoms with van der Waals surface area (Å²) in [5, 5.41) is 4.04. The van der Waals surface area contributed by atoms with Crippen LogP contribution in [-0.2, 0) is 0 Å². The minimum atomic E-state index is 0.186. The Morgan fingerprint density at radius 2 is 2.67 bits per heavy atom. The van der Waals surface area contributed by atoms with Crippen LogP contribution < -0.4 is 0 Å². The molecule has 0 aromatic carbocycles. The molecule has 1 N–H and O–H groups in total. The highest BCUT2D eigenvalue weighted by molar-refractivity contribution is 5.73. The lowest BCUT2D eigenvalue weighted by atomic mass is 10.3. The highest BCUT2D eigenvalue weighted by Gasteiger charge is 1.88. The molecule has 0 unspecified atom stereocenters. The molecule has 0 saturated carbocycles. The summed E-state index contributed by atoms with van der Waals surface area (Å²) in [6.07, 6.45) is 2.03. The van der Waals surface area contributed by atoms with Gasteiger partial charge in [-0.3, -0.25) is 4.79 Å². The molecule has 9 heavy (non-hydrogen) atoms. The molecule has 1 heterocycles. The number of pyridine rings is 1. The first-order valence-corrected chi connectivity index (χ1v) is 2.41. The molecule has 0 aliphatic carbocycles. The van der Waals surface area contributed by atoms with E-state index in [0.29, 0.717) is 11.8 Å². The topological polar surface area (TPSA) is 50.2 Å². The number of hydrogen-bond acceptors (Lipinski definition) is 3. The Morgan fingerprint density at radius 1 is 1.78 bits per heavy atom. The fourth-order valence-electron chi connectivity index (χ4n) is 0.461. The van der Waals surface area contributed by atoms with E-state index in [1.165, 1.54) is 18.3 Å². The number of nitrogens with zero attached hydrogens (tertiary/aromatic N) is 1. The molecule has 0 radical (unpaired) electrons. The van der Waals surface area contributed by atoms with E-state index in [0.717, 1.165) is 0 Å². The van der Waals surface area contributed by atoms with Crippen LogP contribution in [0.25, 0.3) is 0 Å². The van der Waals surface area contributed by atoms with Gasteiger partial charge in [0.2, 0.25) is 5.88 Å². The lowest BCUT2D eigenvalue weighted by Crippen LogP contribution is -1.79. The molecule has 0 saturated heterocycles. The highest BCUT2D eigenvalue weighted by Crippen LogP contribution is 2.01. The average Bonchev–Trinajstić information content (AvgIpc) is 2.05. The molecule has 3 nitrogen and oxygen atoms in total. The summed E-state index contributed by atoms with van der Waals surface area (Å²) in [7, 11) is 0. The fraction of sp³-hybridized carbons (Fsp3) is 0. The third kappa shape index (κ3) is 1.25. The number of carbonyl (C=O) groups excluding carboxylic acids is 1. The maximum atomic E-state index is 10.1. The van der Waals surface area contributed by atoms with Crippen LogP contribution in [0.2, 0.25) is 0 Å². The number of aldehydes is 1. The summed E-state index contributed by atoms with van der Waals surface area (Å²) in [6.45, 7) is 0. The Hall–Kier alpha value is -1.38. The van der Waals surface area contributed by atoms with E-state index in [9.17, 15) is 4.79 Å². The summed E-state index contributed by atoms with van der Waals surface area (Å²) >= 11 is 0. The summed E-state index contributed by atoms with van der Waals surface area (Å²) in [4.78, 5) is 13.7. The van der Waals surface area contributed by atoms with Gasteiger partial charge in [0.15, 0.2) is 6.29 Å². The van der Waals surface area contributed by atoms with Crippen molar-refractivity contribution >= 4 is 6.29 Å². The number of aromatic nitrogens is 1.